The van der Waals surface area contributed by atoms with Gasteiger partial charge in [-0.1, -0.05) is 30.3 Å². The van der Waals surface area contributed by atoms with Crippen molar-refractivity contribution in [3.05, 3.63) is 35.9 Å². The third-order valence-corrected chi connectivity index (χ3v) is 4.89. The molecule has 0 aromatic heterocycles. The summed E-state index contributed by atoms with van der Waals surface area (Å²) in [6.45, 7) is 7.09. The minimum Gasteiger partial charge on any atom is -0.307 e. The lowest BCUT2D eigenvalue weighted by molar-refractivity contribution is 0.0487. The van der Waals surface area contributed by atoms with Crippen molar-refractivity contribution in [3.8, 4) is 0 Å². The number of likely N-dealkylation sites (tertiary alicyclic amines) is 1. The van der Waals surface area contributed by atoms with E-state index < -0.39 is 0 Å². The lowest BCUT2D eigenvalue weighted by Crippen LogP contribution is -2.58. The molecule has 0 radical (unpaired) electrons. The molecule has 3 heteroatoms. The molecule has 1 N–H and O–H groups in total. The first kappa shape index (κ1) is 14.1. The summed E-state index contributed by atoms with van der Waals surface area (Å²) in [6, 6.07) is 12.8. The van der Waals surface area contributed by atoms with Gasteiger partial charge in [-0.3, -0.25) is 4.90 Å². The van der Waals surface area contributed by atoms with Gasteiger partial charge in [0.05, 0.1) is 0 Å². The third-order valence-electron chi connectivity index (χ3n) is 4.89. The van der Waals surface area contributed by atoms with Crippen molar-refractivity contribution in [1.29, 1.82) is 0 Å². The van der Waals surface area contributed by atoms with Gasteiger partial charge in [0.25, 0.3) is 0 Å². The highest BCUT2D eigenvalue weighted by Gasteiger charge is 2.32. The Morgan fingerprint density at radius 2 is 1.95 bits per heavy atom. The first-order chi connectivity index (χ1) is 9.74. The van der Waals surface area contributed by atoms with Crippen LogP contribution in [0.3, 0.4) is 0 Å². The van der Waals surface area contributed by atoms with Crippen molar-refractivity contribution in [1.82, 2.24) is 15.1 Å². The van der Waals surface area contributed by atoms with Crippen molar-refractivity contribution >= 4 is 0 Å². The number of piperidine rings is 1. The van der Waals surface area contributed by atoms with Crippen molar-refractivity contribution < 1.29 is 0 Å². The lowest BCUT2D eigenvalue weighted by atomic mass is 9.97. The van der Waals surface area contributed by atoms with Gasteiger partial charge in [0.15, 0.2) is 0 Å². The third kappa shape index (κ3) is 3.05. The van der Waals surface area contributed by atoms with Gasteiger partial charge in [0.2, 0.25) is 0 Å². The van der Waals surface area contributed by atoms with Gasteiger partial charge < -0.3 is 10.2 Å². The van der Waals surface area contributed by atoms with Gasteiger partial charge in [-0.15, -0.1) is 0 Å². The summed E-state index contributed by atoms with van der Waals surface area (Å²) in [5.74, 6) is 0. The van der Waals surface area contributed by atoms with Crippen molar-refractivity contribution in [2.75, 3.05) is 33.2 Å². The van der Waals surface area contributed by atoms with E-state index in [4.69, 9.17) is 0 Å². The SMILES string of the molecule is CC1CNC(c2ccccc2)CN1C1CCCN(C)C1. The summed E-state index contributed by atoms with van der Waals surface area (Å²) in [5, 5.41) is 3.71. The highest BCUT2D eigenvalue weighted by atomic mass is 15.3. The largest absolute Gasteiger partial charge is 0.307 e. The molecule has 0 spiro atoms. The van der Waals surface area contributed by atoms with E-state index in [0.717, 1.165) is 19.1 Å². The fraction of sp³-hybridized carbons (Fsp3) is 0.647. The van der Waals surface area contributed by atoms with Crippen LogP contribution in [0, 0.1) is 0 Å². The molecule has 3 rings (SSSR count). The van der Waals surface area contributed by atoms with Gasteiger partial charge >= 0.3 is 0 Å². The van der Waals surface area contributed by atoms with Crippen LogP contribution in [0.25, 0.3) is 0 Å². The molecule has 2 aliphatic rings. The molecule has 0 bridgehead atoms. The predicted octanol–water partition coefficient (Wildman–Crippen LogP) is 2.12. The van der Waals surface area contributed by atoms with Crippen LogP contribution in [0.4, 0.5) is 0 Å². The Bertz CT molecular complexity index is 420. The van der Waals surface area contributed by atoms with Gasteiger partial charge in [-0.25, -0.2) is 0 Å². The number of hydrogen-bond donors (Lipinski definition) is 1. The van der Waals surface area contributed by atoms with Crippen LogP contribution in [0.5, 0.6) is 0 Å². The Morgan fingerprint density at radius 1 is 1.15 bits per heavy atom. The molecule has 0 amide bonds. The lowest BCUT2D eigenvalue weighted by Gasteiger charge is -2.46. The van der Waals surface area contributed by atoms with Gasteiger partial charge in [-0.05, 0) is 38.9 Å². The fourth-order valence-electron chi connectivity index (χ4n) is 3.71. The molecule has 2 heterocycles. The van der Waals surface area contributed by atoms with Crippen LogP contribution in [-0.2, 0) is 0 Å². The number of nitrogens with zero attached hydrogens (tertiary/aromatic N) is 2. The second-order valence-corrected chi connectivity index (χ2v) is 6.48. The van der Waals surface area contributed by atoms with Crippen LogP contribution in [0.2, 0.25) is 0 Å². The van der Waals surface area contributed by atoms with Crippen LogP contribution >= 0.6 is 0 Å². The zero-order valence-electron chi connectivity index (χ0n) is 12.8. The Hall–Kier alpha value is -0.900. The minimum absolute atomic E-state index is 0.486. The van der Waals surface area contributed by atoms with E-state index in [1.165, 1.54) is 31.5 Å². The predicted molar refractivity (Wildman–Crippen MR) is 83.9 cm³/mol. The molecule has 0 saturated carbocycles. The highest BCUT2D eigenvalue weighted by molar-refractivity contribution is 5.20. The maximum absolute atomic E-state index is 3.71. The molecule has 3 unspecified atom stereocenters. The molecule has 110 valence electrons. The Morgan fingerprint density at radius 3 is 2.70 bits per heavy atom. The normalized spacial score (nSPS) is 33.2. The number of likely N-dealkylation sites (N-methyl/N-ethyl adjacent to an activating group) is 1. The average Bonchev–Trinajstić information content (AvgIpc) is 2.48. The Kier molecular flexibility index (Phi) is 4.39. The van der Waals surface area contributed by atoms with Crippen molar-refractivity contribution in [2.45, 2.75) is 37.9 Å². The quantitative estimate of drug-likeness (QED) is 0.890. The second kappa shape index (κ2) is 6.25. The molecule has 1 aromatic rings. The molecule has 3 nitrogen and oxygen atoms in total. The van der Waals surface area contributed by atoms with Crippen LogP contribution < -0.4 is 5.32 Å². The van der Waals surface area contributed by atoms with E-state index in [2.05, 4.69) is 59.4 Å². The van der Waals surface area contributed by atoms with Gasteiger partial charge in [0, 0.05) is 37.8 Å². The summed E-state index contributed by atoms with van der Waals surface area (Å²) < 4.78 is 0. The summed E-state index contributed by atoms with van der Waals surface area (Å²) in [5.41, 5.74) is 1.42. The summed E-state index contributed by atoms with van der Waals surface area (Å²) in [7, 11) is 2.26. The van der Waals surface area contributed by atoms with E-state index in [9.17, 15) is 0 Å². The zero-order chi connectivity index (χ0) is 13.9. The first-order valence-corrected chi connectivity index (χ1v) is 7.96. The molecular weight excluding hydrogens is 246 g/mol. The van der Waals surface area contributed by atoms with E-state index in [0.29, 0.717) is 12.1 Å². The average molecular weight is 273 g/mol. The molecular formula is C17H27N3. The maximum Gasteiger partial charge on any atom is 0.0450 e. The van der Waals surface area contributed by atoms with Gasteiger partial charge in [-0.2, -0.15) is 0 Å². The second-order valence-electron chi connectivity index (χ2n) is 6.48. The highest BCUT2D eigenvalue weighted by Crippen LogP contribution is 2.25. The number of piperazine rings is 1. The first-order valence-electron chi connectivity index (χ1n) is 7.96. The molecule has 2 aliphatic heterocycles. The molecule has 2 fully saturated rings. The number of rotatable bonds is 2. The molecule has 20 heavy (non-hydrogen) atoms. The number of nitrogens with one attached hydrogen (secondary N) is 1. The minimum atomic E-state index is 0.486. The number of hydrogen-bond acceptors (Lipinski definition) is 3. The van der Waals surface area contributed by atoms with E-state index >= 15 is 0 Å². The van der Waals surface area contributed by atoms with Gasteiger partial charge in [0.1, 0.15) is 0 Å². The monoisotopic (exact) mass is 273 g/mol. The summed E-state index contributed by atoms with van der Waals surface area (Å²) in [4.78, 5) is 5.23. The smallest absolute Gasteiger partial charge is 0.0450 e. The topological polar surface area (TPSA) is 18.5 Å². The van der Waals surface area contributed by atoms with Crippen LogP contribution in [-0.4, -0.2) is 55.1 Å². The summed E-state index contributed by atoms with van der Waals surface area (Å²) in [6.07, 6.45) is 2.70. The summed E-state index contributed by atoms with van der Waals surface area (Å²) >= 11 is 0. The molecule has 2 saturated heterocycles. The van der Waals surface area contributed by atoms with Crippen LogP contribution in [0.15, 0.2) is 30.3 Å². The van der Waals surface area contributed by atoms with Crippen molar-refractivity contribution in [2.24, 2.45) is 0 Å². The zero-order valence-corrected chi connectivity index (χ0v) is 12.8. The van der Waals surface area contributed by atoms with E-state index in [1.807, 2.05) is 0 Å². The van der Waals surface area contributed by atoms with Crippen molar-refractivity contribution in [3.63, 3.8) is 0 Å². The molecule has 0 aliphatic carbocycles. The molecule has 1 aromatic carbocycles. The fourth-order valence-corrected chi connectivity index (χ4v) is 3.71. The van der Waals surface area contributed by atoms with E-state index in [1.54, 1.807) is 0 Å². The van der Waals surface area contributed by atoms with E-state index in [-0.39, 0.29) is 0 Å². The van der Waals surface area contributed by atoms with Crippen LogP contribution in [0.1, 0.15) is 31.4 Å². The number of benzene rings is 1. The maximum atomic E-state index is 3.71. The Balaban J connectivity index is 1.70. The molecule has 3 atom stereocenters. The standard InChI is InChI=1S/C17H27N3/c1-14-11-18-17(15-7-4-3-5-8-15)13-20(14)16-9-6-10-19(2)12-16/h3-5,7-8,14,16-18H,6,9-13H2,1-2H3. The Labute approximate surface area is 123 Å².